The zero-order chi connectivity index (χ0) is 14.6. The van der Waals surface area contributed by atoms with Crippen LogP contribution < -0.4 is 5.43 Å². The third-order valence-corrected chi connectivity index (χ3v) is 2.13. The smallest absolute Gasteiger partial charge is 0.427 e. The summed E-state index contributed by atoms with van der Waals surface area (Å²) in [6.45, 7) is 1.26. The van der Waals surface area contributed by atoms with Crippen molar-refractivity contribution in [2.24, 2.45) is 5.10 Å². The summed E-state index contributed by atoms with van der Waals surface area (Å²) >= 11 is 0. The fraction of sp³-hybridized carbons (Fsp3) is 0.273. The molecule has 2 N–H and O–H groups in total. The molecule has 1 atom stereocenters. The largest absolute Gasteiger partial charge is 0.452 e. The Labute approximate surface area is 106 Å². The summed E-state index contributed by atoms with van der Waals surface area (Å²) < 4.78 is 43.2. The van der Waals surface area contributed by atoms with Gasteiger partial charge in [0.1, 0.15) is 0 Å². The SMILES string of the molecule is COC(=O)NN=C(c1cc(F)c(F)c(F)c1)C(C)O. The highest BCUT2D eigenvalue weighted by Gasteiger charge is 2.17. The number of hydrazone groups is 1. The molecule has 5 nitrogen and oxygen atoms in total. The molecule has 0 aliphatic carbocycles. The van der Waals surface area contributed by atoms with Gasteiger partial charge >= 0.3 is 6.09 Å². The summed E-state index contributed by atoms with van der Waals surface area (Å²) in [5.41, 5.74) is 1.44. The molecule has 0 aromatic heterocycles. The Morgan fingerprint density at radius 3 is 2.32 bits per heavy atom. The highest BCUT2D eigenvalue weighted by molar-refractivity contribution is 6.03. The minimum atomic E-state index is -1.63. The van der Waals surface area contributed by atoms with Gasteiger partial charge in [0.05, 0.1) is 18.9 Å². The van der Waals surface area contributed by atoms with Gasteiger partial charge in [0.2, 0.25) is 0 Å². The first-order chi connectivity index (χ1) is 8.86. The van der Waals surface area contributed by atoms with Gasteiger partial charge in [-0.3, -0.25) is 0 Å². The lowest BCUT2D eigenvalue weighted by Gasteiger charge is -2.10. The van der Waals surface area contributed by atoms with Crippen LogP contribution in [0.2, 0.25) is 0 Å². The molecular weight excluding hydrogens is 265 g/mol. The van der Waals surface area contributed by atoms with E-state index in [-0.39, 0.29) is 11.3 Å². The van der Waals surface area contributed by atoms with Crippen LogP contribution in [0.4, 0.5) is 18.0 Å². The molecule has 0 spiro atoms. The molecule has 0 radical (unpaired) electrons. The average molecular weight is 276 g/mol. The predicted octanol–water partition coefficient (Wildman–Crippen LogP) is 1.54. The van der Waals surface area contributed by atoms with Crippen molar-refractivity contribution in [2.45, 2.75) is 13.0 Å². The Balaban J connectivity index is 3.17. The topological polar surface area (TPSA) is 70.9 Å². The molecule has 19 heavy (non-hydrogen) atoms. The number of nitrogens with zero attached hydrogens (tertiary/aromatic N) is 1. The van der Waals surface area contributed by atoms with E-state index in [2.05, 4.69) is 9.84 Å². The lowest BCUT2D eigenvalue weighted by atomic mass is 10.1. The molecule has 0 fully saturated rings. The van der Waals surface area contributed by atoms with E-state index in [1.165, 1.54) is 6.92 Å². The zero-order valence-electron chi connectivity index (χ0n) is 10.1. The van der Waals surface area contributed by atoms with Crippen molar-refractivity contribution in [1.82, 2.24) is 5.43 Å². The number of amides is 1. The molecule has 104 valence electrons. The highest BCUT2D eigenvalue weighted by atomic mass is 19.2. The molecule has 0 aliphatic heterocycles. The number of ether oxygens (including phenoxy) is 1. The molecule has 0 bridgehead atoms. The second kappa shape index (κ2) is 6.19. The molecule has 0 aliphatic rings. The molecule has 1 rings (SSSR count). The maximum Gasteiger partial charge on any atom is 0.427 e. The van der Waals surface area contributed by atoms with E-state index in [9.17, 15) is 23.1 Å². The van der Waals surface area contributed by atoms with Crippen molar-refractivity contribution >= 4 is 11.8 Å². The number of nitrogens with one attached hydrogen (secondary N) is 1. The summed E-state index contributed by atoms with van der Waals surface area (Å²) in [4.78, 5) is 10.8. The van der Waals surface area contributed by atoms with Gasteiger partial charge in [0, 0.05) is 5.56 Å². The number of methoxy groups -OCH3 is 1. The van der Waals surface area contributed by atoms with E-state index in [1.54, 1.807) is 0 Å². The fourth-order valence-electron chi connectivity index (χ4n) is 1.25. The van der Waals surface area contributed by atoms with Crippen LogP contribution in [-0.2, 0) is 4.74 Å². The van der Waals surface area contributed by atoms with Gasteiger partial charge in [-0.15, -0.1) is 0 Å². The van der Waals surface area contributed by atoms with Gasteiger partial charge in [-0.25, -0.2) is 23.4 Å². The summed E-state index contributed by atoms with van der Waals surface area (Å²) in [6, 6.07) is 1.31. The van der Waals surface area contributed by atoms with Gasteiger partial charge < -0.3 is 9.84 Å². The van der Waals surface area contributed by atoms with Crippen molar-refractivity contribution in [2.75, 3.05) is 7.11 Å². The average Bonchev–Trinajstić information content (AvgIpc) is 2.35. The Morgan fingerprint density at radius 1 is 1.37 bits per heavy atom. The van der Waals surface area contributed by atoms with E-state index < -0.39 is 29.6 Å². The van der Waals surface area contributed by atoms with E-state index in [4.69, 9.17) is 0 Å². The number of halogens is 3. The van der Waals surface area contributed by atoms with E-state index in [0.717, 1.165) is 7.11 Å². The van der Waals surface area contributed by atoms with Crippen LogP contribution in [-0.4, -0.2) is 30.1 Å². The first-order valence-corrected chi connectivity index (χ1v) is 5.11. The Morgan fingerprint density at radius 2 is 1.89 bits per heavy atom. The second-order valence-electron chi connectivity index (χ2n) is 3.53. The number of rotatable bonds is 3. The monoisotopic (exact) mass is 276 g/mol. The molecule has 1 aromatic rings. The van der Waals surface area contributed by atoms with Crippen LogP contribution in [0.1, 0.15) is 12.5 Å². The van der Waals surface area contributed by atoms with Crippen molar-refractivity contribution in [1.29, 1.82) is 0 Å². The third kappa shape index (κ3) is 3.68. The number of aliphatic hydroxyl groups excluding tert-OH is 1. The summed E-state index contributed by atoms with van der Waals surface area (Å²) in [6.07, 6.45) is -2.18. The number of carbonyl (C=O) groups excluding carboxylic acids is 1. The molecular formula is C11H11F3N2O3. The lowest BCUT2D eigenvalue weighted by Crippen LogP contribution is -2.25. The molecule has 0 saturated heterocycles. The highest BCUT2D eigenvalue weighted by Crippen LogP contribution is 2.15. The first kappa shape index (κ1) is 15.0. The van der Waals surface area contributed by atoms with Crippen LogP contribution in [0, 0.1) is 17.5 Å². The van der Waals surface area contributed by atoms with Crippen molar-refractivity contribution in [3.63, 3.8) is 0 Å². The fourth-order valence-corrected chi connectivity index (χ4v) is 1.25. The number of hydrogen-bond donors (Lipinski definition) is 2. The first-order valence-electron chi connectivity index (χ1n) is 5.11. The van der Waals surface area contributed by atoms with Gasteiger partial charge in [-0.2, -0.15) is 5.10 Å². The van der Waals surface area contributed by atoms with Gasteiger partial charge in [0.25, 0.3) is 0 Å². The molecule has 8 heteroatoms. The quantitative estimate of drug-likeness (QED) is 0.500. The van der Waals surface area contributed by atoms with Gasteiger partial charge in [-0.1, -0.05) is 0 Å². The molecule has 1 amide bonds. The van der Waals surface area contributed by atoms with Crippen LogP contribution >= 0.6 is 0 Å². The predicted molar refractivity (Wildman–Crippen MR) is 60.1 cm³/mol. The molecule has 0 saturated carbocycles. The number of aliphatic hydroxyl groups is 1. The molecule has 0 heterocycles. The van der Waals surface area contributed by atoms with Crippen LogP contribution in [0.15, 0.2) is 17.2 Å². The molecule has 1 unspecified atom stereocenters. The number of benzene rings is 1. The maximum absolute atomic E-state index is 13.1. The minimum absolute atomic E-state index is 0.206. The Hall–Kier alpha value is -2.09. The second-order valence-corrected chi connectivity index (χ2v) is 3.53. The van der Waals surface area contributed by atoms with Crippen molar-refractivity contribution < 1.29 is 27.8 Å². The van der Waals surface area contributed by atoms with Crippen LogP contribution in [0.25, 0.3) is 0 Å². The van der Waals surface area contributed by atoms with Crippen molar-refractivity contribution in [3.8, 4) is 0 Å². The molecule has 1 aromatic carbocycles. The Bertz CT molecular complexity index is 495. The summed E-state index contributed by atoms with van der Waals surface area (Å²) in [7, 11) is 1.09. The van der Waals surface area contributed by atoms with Gasteiger partial charge in [-0.05, 0) is 19.1 Å². The lowest BCUT2D eigenvalue weighted by molar-refractivity contribution is 0.171. The third-order valence-electron chi connectivity index (χ3n) is 2.13. The summed E-state index contributed by atoms with van der Waals surface area (Å²) in [5, 5.41) is 12.9. The van der Waals surface area contributed by atoms with Crippen molar-refractivity contribution in [3.05, 3.63) is 35.1 Å². The Kier molecular flexibility index (Phi) is 4.87. The standard InChI is InChI=1S/C11H11F3N2O3/c1-5(17)10(15-16-11(18)19-2)6-3-7(12)9(14)8(13)4-6/h3-5,17H,1-2H3,(H,16,18). The maximum atomic E-state index is 13.1. The van der Waals surface area contributed by atoms with E-state index in [1.807, 2.05) is 5.43 Å². The van der Waals surface area contributed by atoms with E-state index >= 15 is 0 Å². The van der Waals surface area contributed by atoms with Crippen LogP contribution in [0.5, 0.6) is 0 Å². The summed E-state index contributed by atoms with van der Waals surface area (Å²) in [5.74, 6) is -4.49. The van der Waals surface area contributed by atoms with E-state index in [0.29, 0.717) is 12.1 Å². The number of carbonyl (C=O) groups is 1. The number of hydrogen-bond acceptors (Lipinski definition) is 4. The normalized spacial score (nSPS) is 13.1. The van der Waals surface area contributed by atoms with Gasteiger partial charge in [0.15, 0.2) is 17.5 Å². The zero-order valence-corrected chi connectivity index (χ0v) is 10.1. The minimum Gasteiger partial charge on any atom is -0.452 e. The van der Waals surface area contributed by atoms with Crippen LogP contribution in [0.3, 0.4) is 0 Å².